The van der Waals surface area contributed by atoms with Crippen LogP contribution in [0.2, 0.25) is 0 Å². The van der Waals surface area contributed by atoms with Crippen LogP contribution in [0.4, 0.5) is 5.69 Å². The van der Waals surface area contributed by atoms with E-state index in [0.717, 1.165) is 5.56 Å². The van der Waals surface area contributed by atoms with Crippen molar-refractivity contribution in [1.29, 1.82) is 0 Å². The molecule has 1 rings (SSSR count). The molecule has 0 bridgehead atoms. The van der Waals surface area contributed by atoms with Crippen molar-refractivity contribution >= 4 is 11.7 Å². The molecule has 5 N–H and O–H groups in total. The number of aliphatic carboxylic acids is 1. The van der Waals surface area contributed by atoms with Gasteiger partial charge < -0.3 is 16.6 Å². The molecule has 0 spiro atoms. The first-order valence-corrected chi connectivity index (χ1v) is 4.83. The Labute approximate surface area is 94.3 Å². The lowest BCUT2D eigenvalue weighted by Crippen LogP contribution is -2.30. The molecule has 0 fully saturated rings. The molecule has 16 heavy (non-hydrogen) atoms. The number of nitrogens with two attached hydrogens (primary N) is 2. The second kappa shape index (κ2) is 5.19. The van der Waals surface area contributed by atoms with Gasteiger partial charge in [0.05, 0.1) is 12.3 Å². The molecule has 1 aromatic carbocycles. The van der Waals surface area contributed by atoms with Crippen LogP contribution in [0.25, 0.3) is 0 Å². The van der Waals surface area contributed by atoms with Crippen LogP contribution in [0, 0.1) is 12.3 Å². The van der Waals surface area contributed by atoms with E-state index in [1.54, 1.807) is 24.3 Å². The molecule has 0 aliphatic carbocycles. The molecule has 84 valence electrons. The number of hydrogen-bond acceptors (Lipinski definition) is 3. The molecule has 0 aliphatic heterocycles. The highest BCUT2D eigenvalue weighted by molar-refractivity contribution is 5.68. The number of terminal acetylenes is 1. The average Bonchev–Trinajstić information content (AvgIpc) is 2.21. The van der Waals surface area contributed by atoms with E-state index in [4.69, 9.17) is 23.0 Å². The predicted molar refractivity (Wildman–Crippen MR) is 62.7 cm³/mol. The van der Waals surface area contributed by atoms with Crippen LogP contribution < -0.4 is 11.5 Å². The first-order valence-electron chi connectivity index (χ1n) is 4.83. The predicted octanol–water partition coefficient (Wildman–Crippen LogP) is 0.788. The van der Waals surface area contributed by atoms with E-state index in [-0.39, 0.29) is 6.42 Å². The van der Waals surface area contributed by atoms with E-state index in [0.29, 0.717) is 5.69 Å². The molecule has 0 unspecified atom stereocenters. The van der Waals surface area contributed by atoms with E-state index in [1.807, 2.05) is 0 Å². The smallest absolute Gasteiger partial charge is 0.304 e. The maximum Gasteiger partial charge on any atom is 0.304 e. The molecule has 0 radical (unpaired) electrons. The number of carbonyl (C=O) groups is 1. The van der Waals surface area contributed by atoms with Gasteiger partial charge in [-0.25, -0.2) is 0 Å². The van der Waals surface area contributed by atoms with Crippen LogP contribution in [-0.2, 0) is 4.79 Å². The number of hydrogen-bond donors (Lipinski definition) is 3. The third kappa shape index (κ3) is 3.01. The highest BCUT2D eigenvalue weighted by Crippen LogP contribution is 2.20. The number of rotatable bonds is 4. The van der Waals surface area contributed by atoms with E-state index in [9.17, 15) is 4.79 Å². The van der Waals surface area contributed by atoms with Gasteiger partial charge in [-0.2, -0.15) is 0 Å². The number of anilines is 1. The molecule has 0 heterocycles. The topological polar surface area (TPSA) is 89.3 Å². The lowest BCUT2D eigenvalue weighted by Gasteiger charge is -2.17. The number of nitrogen functional groups attached to an aromatic ring is 1. The van der Waals surface area contributed by atoms with Gasteiger partial charge in [0.1, 0.15) is 0 Å². The zero-order valence-electron chi connectivity index (χ0n) is 8.76. The molecular formula is C12H14N2O2. The molecule has 4 nitrogen and oxygen atoms in total. The van der Waals surface area contributed by atoms with Crippen molar-refractivity contribution < 1.29 is 9.90 Å². The second-order valence-electron chi connectivity index (χ2n) is 3.57. The summed E-state index contributed by atoms with van der Waals surface area (Å²) in [6.45, 7) is 0. The molecule has 4 heteroatoms. The average molecular weight is 218 g/mol. The van der Waals surface area contributed by atoms with Crippen LogP contribution in [-0.4, -0.2) is 17.1 Å². The Bertz CT molecular complexity index is 406. The number of carboxylic acid groups (broad SMARTS) is 1. The highest BCUT2D eigenvalue weighted by atomic mass is 16.4. The van der Waals surface area contributed by atoms with Crippen molar-refractivity contribution in [2.45, 2.75) is 18.4 Å². The fraction of sp³-hybridized carbons (Fsp3) is 0.250. The minimum Gasteiger partial charge on any atom is -0.481 e. The zero-order chi connectivity index (χ0) is 12.1. The first-order chi connectivity index (χ1) is 7.54. The quantitative estimate of drug-likeness (QED) is 0.515. The van der Waals surface area contributed by atoms with E-state index in [2.05, 4.69) is 5.92 Å². The van der Waals surface area contributed by atoms with Crippen molar-refractivity contribution in [3.8, 4) is 12.3 Å². The van der Waals surface area contributed by atoms with Gasteiger partial charge in [-0.05, 0) is 17.7 Å². The Balaban J connectivity index is 2.86. The Morgan fingerprint density at radius 3 is 2.44 bits per heavy atom. The third-order valence-corrected chi connectivity index (χ3v) is 2.31. The lowest BCUT2D eigenvalue weighted by molar-refractivity contribution is -0.137. The van der Waals surface area contributed by atoms with Gasteiger partial charge in [0.2, 0.25) is 0 Å². The van der Waals surface area contributed by atoms with Gasteiger partial charge in [0.25, 0.3) is 0 Å². The van der Waals surface area contributed by atoms with Crippen molar-refractivity contribution in [1.82, 2.24) is 0 Å². The molecule has 0 amide bonds. The summed E-state index contributed by atoms with van der Waals surface area (Å²) >= 11 is 0. The summed E-state index contributed by atoms with van der Waals surface area (Å²) in [5, 5.41) is 8.65. The third-order valence-electron chi connectivity index (χ3n) is 2.31. The van der Waals surface area contributed by atoms with Crippen molar-refractivity contribution in [2.24, 2.45) is 5.73 Å². The summed E-state index contributed by atoms with van der Waals surface area (Å²) in [6, 6.07) is 6.37. The summed E-state index contributed by atoms with van der Waals surface area (Å²) in [5.74, 6) is 1.15. The summed E-state index contributed by atoms with van der Waals surface area (Å²) < 4.78 is 0. The highest BCUT2D eigenvalue weighted by Gasteiger charge is 2.19. The van der Waals surface area contributed by atoms with Crippen molar-refractivity contribution in [3.05, 3.63) is 29.8 Å². The van der Waals surface area contributed by atoms with Gasteiger partial charge >= 0.3 is 5.97 Å². The summed E-state index contributed by atoms with van der Waals surface area (Å²) in [5.41, 5.74) is 12.7. The fourth-order valence-electron chi connectivity index (χ4n) is 1.49. The Morgan fingerprint density at radius 2 is 2.00 bits per heavy atom. The fourth-order valence-corrected chi connectivity index (χ4v) is 1.49. The van der Waals surface area contributed by atoms with Gasteiger partial charge in [-0.1, -0.05) is 18.1 Å². The van der Waals surface area contributed by atoms with E-state index in [1.165, 1.54) is 0 Å². The first kappa shape index (κ1) is 12.1. The second-order valence-corrected chi connectivity index (χ2v) is 3.57. The number of benzene rings is 1. The summed E-state index contributed by atoms with van der Waals surface area (Å²) in [6.07, 6.45) is 5.21. The van der Waals surface area contributed by atoms with Gasteiger partial charge in [-0.3, -0.25) is 4.79 Å². The molecular weight excluding hydrogens is 204 g/mol. The van der Waals surface area contributed by atoms with Gasteiger partial charge in [-0.15, -0.1) is 6.42 Å². The zero-order valence-corrected chi connectivity index (χ0v) is 8.76. The molecule has 0 aromatic heterocycles. The molecule has 0 saturated heterocycles. The molecule has 1 aromatic rings. The van der Waals surface area contributed by atoms with Crippen LogP contribution in [0.3, 0.4) is 0 Å². The Morgan fingerprint density at radius 1 is 1.44 bits per heavy atom. The lowest BCUT2D eigenvalue weighted by atomic mass is 9.91. The van der Waals surface area contributed by atoms with Crippen LogP contribution >= 0.6 is 0 Å². The van der Waals surface area contributed by atoms with Crippen LogP contribution in [0.5, 0.6) is 0 Å². The maximum atomic E-state index is 10.5. The van der Waals surface area contributed by atoms with Crippen LogP contribution in [0.15, 0.2) is 24.3 Å². The van der Waals surface area contributed by atoms with Gasteiger partial charge in [0.15, 0.2) is 0 Å². The van der Waals surface area contributed by atoms with Crippen LogP contribution in [0.1, 0.15) is 17.9 Å². The molecule has 0 saturated carbocycles. The standard InChI is InChI=1S/C12H14N2O2/c1-2-10(11(14)7-12(15)16)8-3-5-9(13)6-4-8/h1,3-6,10-11H,7,13-14H2,(H,15,16)/t10-,11-/m1/s1. The Hall–Kier alpha value is -1.99. The molecule has 0 aliphatic rings. The van der Waals surface area contributed by atoms with E-state index < -0.39 is 17.9 Å². The van der Waals surface area contributed by atoms with Crippen molar-refractivity contribution in [2.75, 3.05) is 5.73 Å². The molecule has 2 atom stereocenters. The summed E-state index contributed by atoms with van der Waals surface area (Å²) in [7, 11) is 0. The Kier molecular flexibility index (Phi) is 3.92. The minimum atomic E-state index is -0.955. The summed E-state index contributed by atoms with van der Waals surface area (Å²) in [4.78, 5) is 10.5. The van der Waals surface area contributed by atoms with Crippen molar-refractivity contribution in [3.63, 3.8) is 0 Å². The minimum absolute atomic E-state index is 0.154. The normalized spacial score (nSPS) is 13.8. The largest absolute Gasteiger partial charge is 0.481 e. The van der Waals surface area contributed by atoms with E-state index >= 15 is 0 Å². The van der Waals surface area contributed by atoms with Gasteiger partial charge in [0, 0.05) is 11.7 Å². The SMILES string of the molecule is C#C[C@H](c1ccc(N)cc1)[C@H](N)CC(=O)O. The monoisotopic (exact) mass is 218 g/mol. The maximum absolute atomic E-state index is 10.5. The number of carboxylic acids is 1.